The highest BCUT2D eigenvalue weighted by atomic mass is 16.6. The summed E-state index contributed by atoms with van der Waals surface area (Å²) in [6, 6.07) is 0. The zero-order valence-electron chi connectivity index (χ0n) is 23.3. The van der Waals surface area contributed by atoms with E-state index >= 15 is 0 Å². The topological polar surface area (TPSA) is 36.9 Å². The van der Waals surface area contributed by atoms with Crippen LogP contribution in [0.15, 0.2) is 0 Å². The van der Waals surface area contributed by atoms with E-state index in [1.807, 2.05) is 0 Å². The van der Waals surface area contributed by atoms with Crippen LogP contribution in [0.1, 0.15) is 148 Å². The van der Waals surface area contributed by atoms with Crippen LogP contribution >= 0.6 is 0 Å². The fourth-order valence-electron chi connectivity index (χ4n) is 6.84. The van der Waals surface area contributed by atoms with Gasteiger partial charge in [-0.15, -0.1) is 0 Å². The Balaban J connectivity index is 1.27. The van der Waals surface area contributed by atoms with Crippen LogP contribution in [-0.4, -0.2) is 50.3 Å². The first-order chi connectivity index (χ1) is 17.3. The van der Waals surface area contributed by atoms with Crippen molar-refractivity contribution in [3.05, 3.63) is 0 Å². The third-order valence-corrected chi connectivity index (χ3v) is 8.92. The summed E-state index contributed by atoms with van der Waals surface area (Å²) >= 11 is 0. The van der Waals surface area contributed by atoms with Gasteiger partial charge in [0.1, 0.15) is 0 Å². The molecular weight excluding hydrogens is 436 g/mol. The first-order valence-electron chi connectivity index (χ1n) is 15.8. The molecule has 1 heterocycles. The van der Waals surface area contributed by atoms with Gasteiger partial charge in [-0.2, -0.15) is 0 Å². The third-order valence-electron chi connectivity index (χ3n) is 8.92. The summed E-state index contributed by atoms with van der Waals surface area (Å²) in [6.07, 6.45) is 28.6. The summed E-state index contributed by atoms with van der Waals surface area (Å²) in [7, 11) is 0. The molecule has 0 aromatic carbocycles. The quantitative estimate of drug-likeness (QED) is 0.240. The molecule has 2 aliphatic carbocycles. The molecule has 0 radical (unpaired) electrons. The summed E-state index contributed by atoms with van der Waals surface area (Å²) in [5.74, 6) is 0. The molecule has 3 rings (SSSR count). The van der Waals surface area contributed by atoms with Crippen LogP contribution in [0.4, 0.5) is 0 Å². The van der Waals surface area contributed by atoms with Crippen LogP contribution < -0.4 is 0 Å². The smallest absolute Gasteiger partial charge is 0.0970 e. The SMILES string of the molecule is CCCCCCCCCCCCCCC1COCCCOC23CCCCC2(CCC3)OCCCO1. The van der Waals surface area contributed by atoms with Crippen molar-refractivity contribution < 1.29 is 18.9 Å². The number of rotatable bonds is 13. The van der Waals surface area contributed by atoms with Crippen molar-refractivity contribution in [3.63, 3.8) is 0 Å². The predicted octanol–water partition coefficient (Wildman–Crippen LogP) is 8.54. The first kappa shape index (κ1) is 29.4. The van der Waals surface area contributed by atoms with Crippen LogP contribution in [0.25, 0.3) is 0 Å². The Morgan fingerprint density at radius 2 is 1.06 bits per heavy atom. The lowest BCUT2D eigenvalue weighted by Gasteiger charge is -2.49. The molecule has 3 fully saturated rings. The predicted molar refractivity (Wildman–Crippen MR) is 145 cm³/mol. The second-order valence-electron chi connectivity index (χ2n) is 11.7. The molecule has 0 amide bonds. The monoisotopic (exact) mass is 494 g/mol. The highest BCUT2D eigenvalue weighted by Crippen LogP contribution is 2.53. The van der Waals surface area contributed by atoms with Gasteiger partial charge in [0.15, 0.2) is 0 Å². The fraction of sp³-hybridized carbons (Fsp3) is 1.00. The van der Waals surface area contributed by atoms with Crippen LogP contribution in [0.2, 0.25) is 0 Å². The lowest BCUT2D eigenvalue weighted by atomic mass is 9.73. The molecule has 0 aromatic rings. The van der Waals surface area contributed by atoms with Crippen molar-refractivity contribution in [3.8, 4) is 0 Å². The molecular formula is C31H58O4. The van der Waals surface area contributed by atoms with Crippen molar-refractivity contribution in [2.75, 3.05) is 33.0 Å². The maximum absolute atomic E-state index is 6.67. The van der Waals surface area contributed by atoms with Crippen LogP contribution in [0.5, 0.6) is 0 Å². The van der Waals surface area contributed by atoms with Gasteiger partial charge >= 0.3 is 0 Å². The van der Waals surface area contributed by atoms with Gasteiger partial charge in [-0.25, -0.2) is 0 Å². The Kier molecular flexibility index (Phi) is 14.6. The summed E-state index contributed by atoms with van der Waals surface area (Å²) in [4.78, 5) is 0. The second kappa shape index (κ2) is 17.4. The van der Waals surface area contributed by atoms with Gasteiger partial charge in [0.25, 0.3) is 0 Å². The molecule has 0 N–H and O–H groups in total. The standard InChI is InChI=1S/C31H58O4/c1-2-3-4-5-6-7-8-9-10-11-12-13-19-29-28-32-24-17-26-34-30-20-14-15-21-31(30,23-16-22-30)35-27-18-25-33-29/h29H,2-28H2,1H3. The largest absolute Gasteiger partial charge is 0.379 e. The second-order valence-corrected chi connectivity index (χ2v) is 11.7. The lowest BCUT2D eigenvalue weighted by molar-refractivity contribution is -0.215. The molecule has 1 aliphatic heterocycles. The lowest BCUT2D eigenvalue weighted by Crippen LogP contribution is -2.56. The molecule has 0 spiro atoms. The Morgan fingerprint density at radius 1 is 0.543 bits per heavy atom. The zero-order chi connectivity index (χ0) is 24.5. The molecule has 4 heteroatoms. The van der Waals surface area contributed by atoms with Crippen LogP contribution in [0.3, 0.4) is 0 Å². The molecule has 2 saturated carbocycles. The normalized spacial score (nSPS) is 30.9. The number of hydrogen-bond acceptors (Lipinski definition) is 4. The molecule has 3 atom stereocenters. The Labute approximate surface area is 217 Å². The average Bonchev–Trinajstić information content (AvgIpc) is 3.25. The Morgan fingerprint density at radius 3 is 1.66 bits per heavy atom. The van der Waals surface area contributed by atoms with Gasteiger partial charge in [-0.1, -0.05) is 96.8 Å². The van der Waals surface area contributed by atoms with E-state index < -0.39 is 0 Å². The minimum absolute atomic E-state index is 0.0343. The molecule has 3 aliphatic rings. The van der Waals surface area contributed by atoms with Gasteiger partial charge in [0.05, 0.1) is 23.9 Å². The highest BCUT2D eigenvalue weighted by Gasteiger charge is 2.57. The summed E-state index contributed by atoms with van der Waals surface area (Å²) < 4.78 is 25.7. The van der Waals surface area contributed by atoms with Gasteiger partial charge in [-0.3, -0.25) is 0 Å². The summed E-state index contributed by atoms with van der Waals surface area (Å²) in [5.41, 5.74) is -0.0714. The molecule has 0 aromatic heterocycles. The van der Waals surface area contributed by atoms with Crippen molar-refractivity contribution in [1.29, 1.82) is 0 Å². The van der Waals surface area contributed by atoms with Crippen molar-refractivity contribution in [2.45, 2.75) is 165 Å². The van der Waals surface area contributed by atoms with E-state index in [2.05, 4.69) is 6.92 Å². The number of ether oxygens (including phenoxy) is 4. The van der Waals surface area contributed by atoms with Crippen molar-refractivity contribution in [1.82, 2.24) is 0 Å². The molecule has 4 nitrogen and oxygen atoms in total. The van der Waals surface area contributed by atoms with E-state index in [-0.39, 0.29) is 17.3 Å². The zero-order valence-corrected chi connectivity index (χ0v) is 23.3. The molecule has 35 heavy (non-hydrogen) atoms. The fourth-order valence-corrected chi connectivity index (χ4v) is 6.84. The molecule has 206 valence electrons. The molecule has 3 unspecified atom stereocenters. The van der Waals surface area contributed by atoms with Crippen LogP contribution in [-0.2, 0) is 18.9 Å². The van der Waals surface area contributed by atoms with E-state index in [0.29, 0.717) is 0 Å². The van der Waals surface area contributed by atoms with Gasteiger partial charge in [-0.05, 0) is 51.4 Å². The minimum atomic E-state index is -0.0370. The van der Waals surface area contributed by atoms with E-state index in [9.17, 15) is 0 Å². The van der Waals surface area contributed by atoms with Crippen molar-refractivity contribution in [2.24, 2.45) is 0 Å². The molecule has 1 saturated heterocycles. The summed E-state index contributed by atoms with van der Waals surface area (Å²) in [5, 5.41) is 0. The maximum atomic E-state index is 6.67. The average molecular weight is 495 g/mol. The first-order valence-corrected chi connectivity index (χ1v) is 15.8. The summed E-state index contributed by atoms with van der Waals surface area (Å²) in [6.45, 7) is 6.20. The van der Waals surface area contributed by atoms with Gasteiger partial charge < -0.3 is 18.9 Å². The minimum Gasteiger partial charge on any atom is -0.379 e. The maximum Gasteiger partial charge on any atom is 0.0970 e. The van der Waals surface area contributed by atoms with Gasteiger partial charge in [0.2, 0.25) is 0 Å². The van der Waals surface area contributed by atoms with Gasteiger partial charge in [0, 0.05) is 26.4 Å². The van der Waals surface area contributed by atoms with E-state index in [4.69, 9.17) is 18.9 Å². The van der Waals surface area contributed by atoms with E-state index in [0.717, 1.165) is 52.3 Å². The number of unbranched alkanes of at least 4 members (excludes halogenated alkanes) is 11. The van der Waals surface area contributed by atoms with Crippen molar-refractivity contribution >= 4 is 0 Å². The van der Waals surface area contributed by atoms with E-state index in [1.54, 1.807) is 0 Å². The number of hydrogen-bond donors (Lipinski definition) is 0. The highest BCUT2D eigenvalue weighted by molar-refractivity contribution is 5.09. The Bertz CT molecular complexity index is 526. The molecule has 0 bridgehead atoms. The third kappa shape index (κ3) is 9.91. The van der Waals surface area contributed by atoms with E-state index in [1.165, 1.54) is 122 Å². The van der Waals surface area contributed by atoms with Crippen LogP contribution in [0, 0.1) is 0 Å². The Hall–Kier alpha value is -0.160.